The standard InChI is InChI=1S/C16H31BrO2/c1-2-3-4-5-6-7-8-9-10-11-15-19-16(18)13-12-14-17/h2-15H2,1H3. The smallest absolute Gasteiger partial charge is 0.305 e. The third-order valence-electron chi connectivity index (χ3n) is 3.28. The fourth-order valence-corrected chi connectivity index (χ4v) is 2.34. The molecule has 0 saturated heterocycles. The Hall–Kier alpha value is -0.0500. The maximum absolute atomic E-state index is 11.2. The van der Waals surface area contributed by atoms with Crippen LogP contribution in [0.4, 0.5) is 0 Å². The Kier molecular flexibility index (Phi) is 16.0. The van der Waals surface area contributed by atoms with Gasteiger partial charge in [-0.05, 0) is 12.8 Å². The van der Waals surface area contributed by atoms with Gasteiger partial charge in [-0.1, -0.05) is 80.6 Å². The lowest BCUT2D eigenvalue weighted by Crippen LogP contribution is -2.05. The van der Waals surface area contributed by atoms with Crippen LogP contribution in [0.3, 0.4) is 0 Å². The number of carbonyl (C=O) groups excluding carboxylic acids is 1. The molecule has 0 unspecified atom stereocenters. The van der Waals surface area contributed by atoms with Crippen LogP contribution in [0.2, 0.25) is 0 Å². The number of carbonyl (C=O) groups is 1. The average molecular weight is 335 g/mol. The summed E-state index contributed by atoms with van der Waals surface area (Å²) in [4.78, 5) is 11.2. The number of rotatable bonds is 14. The average Bonchev–Trinajstić information content (AvgIpc) is 2.42. The van der Waals surface area contributed by atoms with Gasteiger partial charge in [0.05, 0.1) is 6.61 Å². The summed E-state index contributed by atoms with van der Waals surface area (Å²) in [6.07, 6.45) is 14.5. The summed E-state index contributed by atoms with van der Waals surface area (Å²) in [5.41, 5.74) is 0. The van der Waals surface area contributed by atoms with Crippen LogP contribution in [0.5, 0.6) is 0 Å². The fourth-order valence-electron chi connectivity index (χ4n) is 2.06. The lowest BCUT2D eigenvalue weighted by Gasteiger charge is -2.04. The summed E-state index contributed by atoms with van der Waals surface area (Å²) in [6, 6.07) is 0. The first kappa shape index (κ1) is 18.9. The second-order valence-corrected chi connectivity index (χ2v) is 5.99. The molecule has 3 heteroatoms. The van der Waals surface area contributed by atoms with E-state index >= 15 is 0 Å². The molecule has 0 spiro atoms. The van der Waals surface area contributed by atoms with Gasteiger partial charge < -0.3 is 4.74 Å². The molecule has 0 radical (unpaired) electrons. The maximum atomic E-state index is 11.2. The molecule has 114 valence electrons. The van der Waals surface area contributed by atoms with Crippen molar-refractivity contribution in [1.29, 1.82) is 0 Å². The van der Waals surface area contributed by atoms with Crippen LogP contribution < -0.4 is 0 Å². The number of alkyl halides is 1. The van der Waals surface area contributed by atoms with E-state index in [0.717, 1.165) is 18.2 Å². The lowest BCUT2D eigenvalue weighted by atomic mass is 10.1. The van der Waals surface area contributed by atoms with Crippen LogP contribution >= 0.6 is 15.9 Å². The van der Waals surface area contributed by atoms with Crippen LogP contribution in [0.25, 0.3) is 0 Å². The molecule has 0 aromatic carbocycles. The molecule has 0 heterocycles. The molecule has 0 bridgehead atoms. The summed E-state index contributed by atoms with van der Waals surface area (Å²) >= 11 is 3.31. The van der Waals surface area contributed by atoms with Crippen LogP contribution in [0, 0.1) is 0 Å². The molecular formula is C16H31BrO2. The Morgan fingerprint density at radius 1 is 0.842 bits per heavy atom. The zero-order valence-electron chi connectivity index (χ0n) is 12.6. The van der Waals surface area contributed by atoms with Gasteiger partial charge in [0.1, 0.15) is 0 Å². The molecular weight excluding hydrogens is 304 g/mol. The van der Waals surface area contributed by atoms with Gasteiger partial charge in [0.25, 0.3) is 0 Å². The zero-order valence-corrected chi connectivity index (χ0v) is 14.2. The molecule has 0 aliphatic carbocycles. The van der Waals surface area contributed by atoms with Gasteiger partial charge in [0, 0.05) is 11.8 Å². The molecule has 0 fully saturated rings. The Bertz CT molecular complexity index is 195. The van der Waals surface area contributed by atoms with Crippen molar-refractivity contribution in [2.24, 2.45) is 0 Å². The monoisotopic (exact) mass is 334 g/mol. The van der Waals surface area contributed by atoms with E-state index in [2.05, 4.69) is 22.9 Å². The normalized spacial score (nSPS) is 10.6. The van der Waals surface area contributed by atoms with Crippen molar-refractivity contribution in [3.05, 3.63) is 0 Å². The molecule has 19 heavy (non-hydrogen) atoms. The largest absolute Gasteiger partial charge is 0.466 e. The van der Waals surface area contributed by atoms with Gasteiger partial charge in [0.15, 0.2) is 0 Å². The predicted octanol–water partition coefficient (Wildman–Crippen LogP) is 5.63. The molecule has 0 aromatic rings. The Balaban J connectivity index is 3.04. The minimum absolute atomic E-state index is 0.0459. The summed E-state index contributed by atoms with van der Waals surface area (Å²) < 4.78 is 5.16. The van der Waals surface area contributed by atoms with E-state index < -0.39 is 0 Å². The Morgan fingerprint density at radius 3 is 1.89 bits per heavy atom. The summed E-state index contributed by atoms with van der Waals surface area (Å²) in [5.74, 6) is -0.0459. The summed E-state index contributed by atoms with van der Waals surface area (Å²) in [6.45, 7) is 2.87. The second-order valence-electron chi connectivity index (χ2n) is 5.19. The number of esters is 1. The van der Waals surface area contributed by atoms with Gasteiger partial charge in [-0.2, -0.15) is 0 Å². The molecule has 0 aliphatic rings. The van der Waals surface area contributed by atoms with Gasteiger partial charge in [-0.25, -0.2) is 0 Å². The van der Waals surface area contributed by atoms with Crippen molar-refractivity contribution in [1.82, 2.24) is 0 Å². The van der Waals surface area contributed by atoms with Crippen molar-refractivity contribution in [2.45, 2.75) is 84.0 Å². The fraction of sp³-hybridized carbons (Fsp3) is 0.938. The maximum Gasteiger partial charge on any atom is 0.305 e. The van der Waals surface area contributed by atoms with Crippen molar-refractivity contribution < 1.29 is 9.53 Å². The highest BCUT2D eigenvalue weighted by molar-refractivity contribution is 9.09. The molecule has 0 amide bonds. The highest BCUT2D eigenvalue weighted by atomic mass is 79.9. The number of hydrogen-bond acceptors (Lipinski definition) is 2. The highest BCUT2D eigenvalue weighted by Gasteiger charge is 2.01. The van der Waals surface area contributed by atoms with Gasteiger partial charge in [-0.15, -0.1) is 0 Å². The molecule has 0 aromatic heterocycles. The van der Waals surface area contributed by atoms with Crippen LogP contribution in [0.15, 0.2) is 0 Å². The Morgan fingerprint density at radius 2 is 1.37 bits per heavy atom. The summed E-state index contributed by atoms with van der Waals surface area (Å²) in [5, 5.41) is 0.875. The molecule has 0 N–H and O–H groups in total. The van der Waals surface area contributed by atoms with Crippen molar-refractivity contribution in [2.75, 3.05) is 11.9 Å². The van der Waals surface area contributed by atoms with E-state index in [1.807, 2.05) is 0 Å². The molecule has 0 saturated carbocycles. The lowest BCUT2D eigenvalue weighted by molar-refractivity contribution is -0.143. The van der Waals surface area contributed by atoms with E-state index in [1.165, 1.54) is 57.8 Å². The van der Waals surface area contributed by atoms with E-state index in [1.54, 1.807) is 0 Å². The predicted molar refractivity (Wildman–Crippen MR) is 85.8 cm³/mol. The van der Waals surface area contributed by atoms with Gasteiger partial charge in [0.2, 0.25) is 0 Å². The quantitative estimate of drug-likeness (QED) is 0.234. The molecule has 0 atom stereocenters. The van der Waals surface area contributed by atoms with Crippen molar-refractivity contribution in [3.8, 4) is 0 Å². The van der Waals surface area contributed by atoms with Crippen LogP contribution in [-0.4, -0.2) is 17.9 Å². The minimum Gasteiger partial charge on any atom is -0.466 e. The first-order valence-corrected chi connectivity index (χ1v) is 9.15. The zero-order chi connectivity index (χ0) is 14.2. The SMILES string of the molecule is CCCCCCCCCCCCOC(=O)CCCBr. The third kappa shape index (κ3) is 15.9. The number of hydrogen-bond donors (Lipinski definition) is 0. The topological polar surface area (TPSA) is 26.3 Å². The summed E-state index contributed by atoms with van der Waals surface area (Å²) in [7, 11) is 0. The second kappa shape index (κ2) is 16.0. The Labute approximate surface area is 127 Å². The molecule has 0 aliphatic heterocycles. The number of halogens is 1. The van der Waals surface area contributed by atoms with Crippen molar-refractivity contribution >= 4 is 21.9 Å². The first-order chi connectivity index (χ1) is 9.31. The van der Waals surface area contributed by atoms with E-state index in [-0.39, 0.29) is 5.97 Å². The van der Waals surface area contributed by atoms with E-state index in [0.29, 0.717) is 13.0 Å². The third-order valence-corrected chi connectivity index (χ3v) is 3.84. The number of unbranched alkanes of at least 4 members (excludes halogenated alkanes) is 9. The van der Waals surface area contributed by atoms with Gasteiger partial charge >= 0.3 is 5.97 Å². The molecule has 2 nitrogen and oxygen atoms in total. The first-order valence-electron chi connectivity index (χ1n) is 8.02. The van der Waals surface area contributed by atoms with Crippen LogP contribution in [-0.2, 0) is 9.53 Å². The van der Waals surface area contributed by atoms with Gasteiger partial charge in [-0.3, -0.25) is 4.79 Å². The van der Waals surface area contributed by atoms with Crippen molar-refractivity contribution in [3.63, 3.8) is 0 Å². The van der Waals surface area contributed by atoms with Crippen LogP contribution in [0.1, 0.15) is 84.0 Å². The van der Waals surface area contributed by atoms with E-state index in [9.17, 15) is 4.79 Å². The molecule has 0 rings (SSSR count). The van der Waals surface area contributed by atoms with E-state index in [4.69, 9.17) is 4.74 Å². The minimum atomic E-state index is -0.0459. The number of ether oxygens (including phenoxy) is 1. The highest BCUT2D eigenvalue weighted by Crippen LogP contribution is 2.10.